The number of anilines is 2. The van der Waals surface area contributed by atoms with Crippen LogP contribution in [0.5, 0.6) is 0 Å². The third kappa shape index (κ3) is 4.66. The van der Waals surface area contributed by atoms with E-state index in [1.54, 1.807) is 18.6 Å². The molecule has 0 aromatic carbocycles. The molecule has 1 aliphatic heterocycles. The van der Waals surface area contributed by atoms with E-state index in [-0.39, 0.29) is 5.91 Å². The molecule has 8 nitrogen and oxygen atoms in total. The molecule has 0 unspecified atom stereocenters. The molecule has 8 heteroatoms. The highest BCUT2D eigenvalue weighted by molar-refractivity contribution is 5.94. The molecule has 2 aromatic heterocycles. The number of hydrogen-bond acceptors (Lipinski definition) is 7. The zero-order chi connectivity index (χ0) is 18.4. The number of piperazine rings is 1. The van der Waals surface area contributed by atoms with Crippen LogP contribution >= 0.6 is 0 Å². The molecule has 0 atom stereocenters. The van der Waals surface area contributed by atoms with E-state index < -0.39 is 0 Å². The average Bonchev–Trinajstić information content (AvgIpc) is 2.68. The van der Waals surface area contributed by atoms with Gasteiger partial charge in [0.25, 0.3) is 5.91 Å². The number of likely N-dealkylation sites (N-methyl/N-ethyl adjacent to an activating group) is 1. The second-order valence-corrected chi connectivity index (χ2v) is 6.49. The van der Waals surface area contributed by atoms with Gasteiger partial charge in [0.05, 0.1) is 5.56 Å². The first kappa shape index (κ1) is 18.1. The molecule has 0 spiro atoms. The second kappa shape index (κ2) is 8.57. The van der Waals surface area contributed by atoms with Crippen molar-refractivity contribution in [2.45, 2.75) is 0 Å². The lowest BCUT2D eigenvalue weighted by molar-refractivity contribution is 0.0950. The number of carbonyl (C=O) groups is 1. The lowest BCUT2D eigenvalue weighted by Crippen LogP contribution is -2.47. The van der Waals surface area contributed by atoms with Crippen LogP contribution in [0, 0.1) is 0 Å². The fourth-order valence-corrected chi connectivity index (χ4v) is 2.79. The quantitative estimate of drug-likeness (QED) is 0.808. The van der Waals surface area contributed by atoms with Gasteiger partial charge in [-0.15, -0.1) is 0 Å². The van der Waals surface area contributed by atoms with Crippen molar-refractivity contribution in [3.8, 4) is 0 Å². The Morgan fingerprint density at radius 2 is 1.77 bits per heavy atom. The van der Waals surface area contributed by atoms with Crippen molar-refractivity contribution in [2.24, 2.45) is 0 Å². The van der Waals surface area contributed by atoms with E-state index in [2.05, 4.69) is 30.1 Å². The van der Waals surface area contributed by atoms with Crippen molar-refractivity contribution < 1.29 is 4.79 Å². The van der Waals surface area contributed by atoms with Gasteiger partial charge in [0.1, 0.15) is 5.82 Å². The topological polar surface area (TPSA) is 77.5 Å². The lowest BCUT2D eigenvalue weighted by Gasteiger charge is -2.35. The highest BCUT2D eigenvalue weighted by Crippen LogP contribution is 2.16. The molecule has 26 heavy (non-hydrogen) atoms. The van der Waals surface area contributed by atoms with Crippen LogP contribution in [0.2, 0.25) is 0 Å². The first-order chi connectivity index (χ1) is 12.6. The molecule has 1 fully saturated rings. The van der Waals surface area contributed by atoms with Crippen LogP contribution in [0.25, 0.3) is 0 Å². The molecule has 1 aliphatic rings. The summed E-state index contributed by atoms with van der Waals surface area (Å²) < 4.78 is 0. The predicted molar refractivity (Wildman–Crippen MR) is 102 cm³/mol. The maximum atomic E-state index is 12.1. The van der Waals surface area contributed by atoms with Crippen molar-refractivity contribution in [1.29, 1.82) is 0 Å². The minimum Gasteiger partial charge on any atom is -0.353 e. The molecule has 3 rings (SSSR count). The van der Waals surface area contributed by atoms with Gasteiger partial charge in [0.2, 0.25) is 5.95 Å². The van der Waals surface area contributed by atoms with Gasteiger partial charge < -0.3 is 20.0 Å². The van der Waals surface area contributed by atoms with Gasteiger partial charge in [-0.05, 0) is 32.3 Å². The maximum Gasteiger partial charge on any atom is 0.252 e. The van der Waals surface area contributed by atoms with E-state index in [0.717, 1.165) is 44.5 Å². The summed E-state index contributed by atoms with van der Waals surface area (Å²) in [7, 11) is 3.96. The van der Waals surface area contributed by atoms with Crippen molar-refractivity contribution in [3.05, 3.63) is 42.4 Å². The number of nitrogens with zero attached hydrogens (tertiary/aromatic N) is 6. The van der Waals surface area contributed by atoms with Crippen LogP contribution in [0.3, 0.4) is 0 Å². The molecule has 0 radical (unpaired) electrons. The van der Waals surface area contributed by atoms with Crippen LogP contribution in [0.4, 0.5) is 11.8 Å². The third-order valence-corrected chi connectivity index (χ3v) is 4.29. The van der Waals surface area contributed by atoms with Crippen LogP contribution < -0.4 is 15.1 Å². The Balaban J connectivity index is 1.52. The Kier molecular flexibility index (Phi) is 5.96. The Labute approximate surface area is 153 Å². The molecule has 3 heterocycles. The summed E-state index contributed by atoms with van der Waals surface area (Å²) in [4.78, 5) is 31.6. The Hall–Kier alpha value is -2.74. The molecule has 0 saturated carbocycles. The van der Waals surface area contributed by atoms with Gasteiger partial charge in [-0.2, -0.15) is 0 Å². The number of hydrogen-bond donors (Lipinski definition) is 1. The summed E-state index contributed by atoms with van der Waals surface area (Å²) >= 11 is 0. The van der Waals surface area contributed by atoms with Crippen molar-refractivity contribution in [1.82, 2.24) is 25.2 Å². The van der Waals surface area contributed by atoms with E-state index in [9.17, 15) is 4.79 Å². The van der Waals surface area contributed by atoms with E-state index in [1.165, 1.54) is 0 Å². The average molecular weight is 355 g/mol. The van der Waals surface area contributed by atoms with Crippen LogP contribution in [0.1, 0.15) is 10.4 Å². The zero-order valence-corrected chi connectivity index (χ0v) is 15.3. The van der Waals surface area contributed by atoms with E-state index in [1.807, 2.05) is 37.2 Å². The third-order valence-electron chi connectivity index (χ3n) is 4.29. The van der Waals surface area contributed by atoms with Crippen LogP contribution in [-0.4, -0.2) is 79.1 Å². The van der Waals surface area contributed by atoms with E-state index in [4.69, 9.17) is 0 Å². The Morgan fingerprint density at radius 3 is 2.38 bits per heavy atom. The van der Waals surface area contributed by atoms with Gasteiger partial charge >= 0.3 is 0 Å². The molecule has 1 N–H and O–H groups in total. The number of pyridine rings is 1. The monoisotopic (exact) mass is 355 g/mol. The second-order valence-electron chi connectivity index (χ2n) is 6.49. The molecule has 138 valence electrons. The van der Waals surface area contributed by atoms with Gasteiger partial charge in [0, 0.05) is 57.9 Å². The molecule has 0 aliphatic carbocycles. The zero-order valence-electron chi connectivity index (χ0n) is 15.3. The standard InChI is InChI=1S/C18H25N7O/c1-23(2)9-8-19-17(26)15-4-5-16(22-14-15)24-10-12-25(13-11-24)18-20-6-3-7-21-18/h3-7,14H,8-13H2,1-2H3,(H,19,26). The van der Waals surface area contributed by atoms with Gasteiger partial charge in [-0.25, -0.2) is 15.0 Å². The number of aromatic nitrogens is 3. The number of rotatable bonds is 6. The summed E-state index contributed by atoms with van der Waals surface area (Å²) in [5.41, 5.74) is 0.587. The van der Waals surface area contributed by atoms with Crippen LogP contribution in [0.15, 0.2) is 36.8 Å². The summed E-state index contributed by atoms with van der Waals surface area (Å²) in [6, 6.07) is 5.57. The molecule has 1 saturated heterocycles. The summed E-state index contributed by atoms with van der Waals surface area (Å²) in [5, 5.41) is 2.90. The molecular weight excluding hydrogens is 330 g/mol. The molecule has 0 bridgehead atoms. The summed E-state index contributed by atoms with van der Waals surface area (Å²) in [5.74, 6) is 1.57. The van der Waals surface area contributed by atoms with Gasteiger partial charge in [-0.1, -0.05) is 0 Å². The Morgan fingerprint density at radius 1 is 1.08 bits per heavy atom. The molecule has 2 aromatic rings. The fourth-order valence-electron chi connectivity index (χ4n) is 2.79. The SMILES string of the molecule is CN(C)CCNC(=O)c1ccc(N2CCN(c3ncccn3)CC2)nc1. The minimum atomic E-state index is -0.0862. The number of nitrogens with one attached hydrogen (secondary N) is 1. The largest absolute Gasteiger partial charge is 0.353 e. The molecule has 1 amide bonds. The summed E-state index contributed by atoms with van der Waals surface area (Å²) in [6.07, 6.45) is 5.17. The van der Waals surface area contributed by atoms with Crippen molar-refractivity contribution in [3.63, 3.8) is 0 Å². The van der Waals surface area contributed by atoms with E-state index >= 15 is 0 Å². The number of amides is 1. The Bertz CT molecular complexity index is 697. The van der Waals surface area contributed by atoms with Crippen molar-refractivity contribution >= 4 is 17.7 Å². The first-order valence-corrected chi connectivity index (χ1v) is 8.79. The van der Waals surface area contributed by atoms with Crippen molar-refractivity contribution in [2.75, 3.05) is 63.2 Å². The highest BCUT2D eigenvalue weighted by Gasteiger charge is 2.20. The number of carbonyl (C=O) groups excluding carboxylic acids is 1. The van der Waals surface area contributed by atoms with Gasteiger partial charge in [0.15, 0.2) is 0 Å². The lowest BCUT2D eigenvalue weighted by atomic mass is 10.2. The highest BCUT2D eigenvalue weighted by atomic mass is 16.1. The predicted octanol–water partition coefficient (Wildman–Crippen LogP) is 0.490. The van der Waals surface area contributed by atoms with E-state index in [0.29, 0.717) is 12.1 Å². The van der Waals surface area contributed by atoms with Gasteiger partial charge in [-0.3, -0.25) is 4.79 Å². The maximum absolute atomic E-state index is 12.1. The normalized spacial score (nSPS) is 14.6. The smallest absolute Gasteiger partial charge is 0.252 e. The minimum absolute atomic E-state index is 0.0862. The fraction of sp³-hybridized carbons (Fsp3) is 0.444. The first-order valence-electron chi connectivity index (χ1n) is 8.79. The summed E-state index contributed by atoms with van der Waals surface area (Å²) in [6.45, 7) is 4.82. The van der Waals surface area contributed by atoms with Crippen LogP contribution in [-0.2, 0) is 0 Å². The molecular formula is C18H25N7O.